The second-order valence-corrected chi connectivity index (χ2v) is 6.94. The number of halogens is 3. The number of nitrogens with zero attached hydrogens (tertiary/aromatic N) is 2. The Labute approximate surface area is 145 Å². The van der Waals surface area contributed by atoms with E-state index in [0.717, 1.165) is 31.8 Å². The molecule has 2 amide bonds. The number of carbonyl (C=O) groups is 1. The molecular weight excluding hydrogens is 337 g/mol. The van der Waals surface area contributed by atoms with Crippen LogP contribution in [0.25, 0.3) is 0 Å². The maximum atomic E-state index is 12.5. The fourth-order valence-corrected chi connectivity index (χ4v) is 2.97. The molecule has 9 heteroatoms. The van der Waals surface area contributed by atoms with E-state index in [4.69, 9.17) is 0 Å². The summed E-state index contributed by atoms with van der Waals surface area (Å²) in [5.74, 6) is 0.725. The van der Waals surface area contributed by atoms with Gasteiger partial charge < -0.3 is 9.84 Å². The number of amides is 2. The van der Waals surface area contributed by atoms with E-state index < -0.39 is 17.9 Å². The molecule has 1 unspecified atom stereocenters. The highest BCUT2D eigenvalue weighted by Gasteiger charge is 2.35. The molecule has 142 valence electrons. The van der Waals surface area contributed by atoms with Gasteiger partial charge in [-0.2, -0.15) is 13.2 Å². The number of piperidine rings is 1. The number of aromatic nitrogens is 1. The van der Waals surface area contributed by atoms with Crippen molar-refractivity contribution in [3.63, 3.8) is 0 Å². The maximum Gasteiger partial charge on any atom is 0.436 e. The maximum absolute atomic E-state index is 12.5. The van der Waals surface area contributed by atoms with Crippen molar-refractivity contribution in [1.29, 1.82) is 0 Å². The summed E-state index contributed by atoms with van der Waals surface area (Å²) in [6, 6.07) is 0.227. The van der Waals surface area contributed by atoms with Crippen LogP contribution in [-0.4, -0.2) is 41.8 Å². The van der Waals surface area contributed by atoms with Crippen LogP contribution in [0.5, 0.6) is 0 Å². The van der Waals surface area contributed by atoms with Gasteiger partial charge in [0.2, 0.25) is 5.88 Å². The molecule has 1 fully saturated rings. The van der Waals surface area contributed by atoms with E-state index in [-0.39, 0.29) is 11.9 Å². The van der Waals surface area contributed by atoms with Crippen LogP contribution in [-0.2, 0) is 6.18 Å². The second kappa shape index (κ2) is 8.07. The molecule has 2 N–H and O–H groups in total. The third kappa shape index (κ3) is 5.62. The average Bonchev–Trinajstić information content (AvgIpc) is 2.97. The van der Waals surface area contributed by atoms with Crippen molar-refractivity contribution >= 4 is 11.9 Å². The Hall–Kier alpha value is -1.77. The summed E-state index contributed by atoms with van der Waals surface area (Å²) in [4.78, 5) is 14.3. The number of anilines is 1. The fraction of sp³-hybridized carbons (Fsp3) is 0.750. The van der Waals surface area contributed by atoms with E-state index in [9.17, 15) is 18.0 Å². The summed E-state index contributed by atoms with van der Waals surface area (Å²) in [6.45, 7) is 8.82. The van der Waals surface area contributed by atoms with Gasteiger partial charge >= 0.3 is 12.2 Å². The summed E-state index contributed by atoms with van der Waals surface area (Å²) in [6.07, 6.45) is -2.34. The number of alkyl halides is 3. The Morgan fingerprint density at radius 1 is 1.40 bits per heavy atom. The van der Waals surface area contributed by atoms with Crippen LogP contribution in [0.2, 0.25) is 0 Å². The molecular formula is C16H25F3N4O2. The van der Waals surface area contributed by atoms with Gasteiger partial charge in [0.25, 0.3) is 0 Å². The first-order chi connectivity index (χ1) is 11.7. The predicted molar refractivity (Wildman–Crippen MR) is 87.1 cm³/mol. The Bertz CT molecular complexity index is 566. The Morgan fingerprint density at radius 2 is 2.04 bits per heavy atom. The van der Waals surface area contributed by atoms with Crippen molar-refractivity contribution in [2.75, 3.05) is 25.0 Å². The highest BCUT2D eigenvalue weighted by Crippen LogP contribution is 2.29. The third-order valence-corrected chi connectivity index (χ3v) is 4.57. The first kappa shape index (κ1) is 19.6. The summed E-state index contributed by atoms with van der Waals surface area (Å²) < 4.78 is 41.9. The molecule has 0 radical (unpaired) electrons. The van der Waals surface area contributed by atoms with Crippen LogP contribution in [0.1, 0.15) is 39.3 Å². The number of hydrogen-bond acceptors (Lipinski definition) is 4. The van der Waals surface area contributed by atoms with Gasteiger partial charge in [0.1, 0.15) is 0 Å². The van der Waals surface area contributed by atoms with Gasteiger partial charge in [-0.05, 0) is 37.8 Å². The Balaban J connectivity index is 1.85. The highest BCUT2D eigenvalue weighted by atomic mass is 19.4. The second-order valence-electron chi connectivity index (χ2n) is 6.94. The monoisotopic (exact) mass is 362 g/mol. The molecule has 1 aromatic rings. The van der Waals surface area contributed by atoms with Gasteiger partial charge in [-0.15, -0.1) is 0 Å². The lowest BCUT2D eigenvalue weighted by Crippen LogP contribution is -2.50. The van der Waals surface area contributed by atoms with Crippen LogP contribution >= 0.6 is 0 Å². The lowest BCUT2D eigenvalue weighted by atomic mass is 9.94. The number of nitrogens with one attached hydrogen (secondary N) is 2. The van der Waals surface area contributed by atoms with E-state index in [1.807, 2.05) is 0 Å². The molecule has 6 nitrogen and oxygen atoms in total. The van der Waals surface area contributed by atoms with Crippen molar-refractivity contribution < 1.29 is 22.5 Å². The molecule has 1 aliphatic heterocycles. The minimum absolute atomic E-state index is 0.179. The minimum atomic E-state index is -4.60. The number of urea groups is 1. The molecule has 1 aromatic heterocycles. The normalized spacial score (nSPS) is 18.4. The average molecular weight is 362 g/mol. The lowest BCUT2D eigenvalue weighted by Gasteiger charge is -2.38. The van der Waals surface area contributed by atoms with Crippen molar-refractivity contribution in [3.8, 4) is 0 Å². The number of hydrogen-bond donors (Lipinski definition) is 2. The van der Waals surface area contributed by atoms with E-state index in [1.54, 1.807) is 0 Å². The highest BCUT2D eigenvalue weighted by molar-refractivity contribution is 5.87. The van der Waals surface area contributed by atoms with Crippen molar-refractivity contribution in [2.45, 2.75) is 45.8 Å². The van der Waals surface area contributed by atoms with Crippen molar-refractivity contribution in [1.82, 2.24) is 15.4 Å². The van der Waals surface area contributed by atoms with Crippen LogP contribution < -0.4 is 10.6 Å². The van der Waals surface area contributed by atoms with E-state index in [1.165, 1.54) is 0 Å². The van der Waals surface area contributed by atoms with Gasteiger partial charge in [-0.1, -0.05) is 25.9 Å². The largest absolute Gasteiger partial charge is 0.436 e. The van der Waals surface area contributed by atoms with E-state index >= 15 is 0 Å². The first-order valence-electron chi connectivity index (χ1n) is 8.49. The number of rotatable bonds is 5. The molecule has 1 atom stereocenters. The number of likely N-dealkylation sites (tertiary alicyclic amines) is 1. The van der Waals surface area contributed by atoms with E-state index in [0.29, 0.717) is 18.5 Å². The zero-order chi connectivity index (χ0) is 18.6. The van der Waals surface area contributed by atoms with E-state index in [2.05, 4.69) is 46.0 Å². The quantitative estimate of drug-likeness (QED) is 0.840. The number of carbonyl (C=O) groups excluding carboxylic acids is 1. The van der Waals surface area contributed by atoms with Crippen LogP contribution in [0.15, 0.2) is 10.6 Å². The van der Waals surface area contributed by atoms with Crippen LogP contribution in [0.3, 0.4) is 0 Å². The van der Waals surface area contributed by atoms with Crippen LogP contribution in [0.4, 0.5) is 23.8 Å². The van der Waals surface area contributed by atoms with Gasteiger partial charge in [0.05, 0.1) is 0 Å². The Morgan fingerprint density at radius 3 is 2.56 bits per heavy atom. The van der Waals surface area contributed by atoms with Crippen LogP contribution in [0, 0.1) is 11.8 Å². The zero-order valence-electron chi connectivity index (χ0n) is 14.7. The SMILES string of the molecule is CC1CCN(C(CNC(=O)Nc2cc(C(F)(F)F)no2)C(C)C)CC1. The van der Waals surface area contributed by atoms with Crippen molar-refractivity contribution in [2.24, 2.45) is 11.8 Å². The molecule has 0 spiro atoms. The first-order valence-corrected chi connectivity index (χ1v) is 8.49. The minimum Gasteiger partial charge on any atom is -0.338 e. The molecule has 2 rings (SSSR count). The summed E-state index contributed by atoms with van der Waals surface area (Å²) in [5.41, 5.74) is -1.18. The molecule has 1 saturated heterocycles. The third-order valence-electron chi connectivity index (χ3n) is 4.57. The predicted octanol–water partition coefficient (Wildman–Crippen LogP) is 3.57. The molecule has 0 saturated carbocycles. The lowest BCUT2D eigenvalue weighted by molar-refractivity contribution is -0.142. The smallest absolute Gasteiger partial charge is 0.338 e. The Kier molecular flexibility index (Phi) is 6.31. The molecule has 0 bridgehead atoms. The zero-order valence-corrected chi connectivity index (χ0v) is 14.7. The van der Waals surface area contributed by atoms with Gasteiger partial charge in [-0.3, -0.25) is 10.2 Å². The summed E-state index contributed by atoms with van der Waals surface area (Å²) >= 11 is 0. The fourth-order valence-electron chi connectivity index (χ4n) is 2.97. The topological polar surface area (TPSA) is 70.4 Å². The van der Waals surface area contributed by atoms with Gasteiger partial charge in [0, 0.05) is 18.7 Å². The summed E-state index contributed by atoms with van der Waals surface area (Å²) in [5, 5.41) is 7.84. The van der Waals surface area contributed by atoms with Gasteiger partial charge in [-0.25, -0.2) is 4.79 Å². The standard InChI is InChI=1S/C16H25F3N4O2/c1-10(2)12(23-6-4-11(3)5-7-23)9-20-15(24)21-14-8-13(22-25-14)16(17,18)19/h8,10-12H,4-7,9H2,1-3H3,(H2,20,21,24). The molecule has 25 heavy (non-hydrogen) atoms. The van der Waals surface area contributed by atoms with Gasteiger partial charge in [0.15, 0.2) is 5.69 Å². The van der Waals surface area contributed by atoms with Crippen molar-refractivity contribution in [3.05, 3.63) is 11.8 Å². The molecule has 2 heterocycles. The molecule has 1 aliphatic rings. The molecule has 0 aromatic carbocycles. The molecule has 0 aliphatic carbocycles. The summed E-state index contributed by atoms with van der Waals surface area (Å²) in [7, 11) is 0.